The molecule has 2 bridgehead atoms. The third-order valence-electron chi connectivity index (χ3n) is 5.61. The van der Waals surface area contributed by atoms with Crippen LogP contribution in [0.15, 0.2) is 27.8 Å². The average molecular weight is 319 g/mol. The molecule has 0 aromatic carbocycles. The van der Waals surface area contributed by atoms with E-state index in [0.717, 1.165) is 19.0 Å². The number of aliphatic hydroxyl groups is 1. The van der Waals surface area contributed by atoms with Gasteiger partial charge in [-0.3, -0.25) is 4.99 Å². The lowest BCUT2D eigenvalue weighted by Crippen LogP contribution is -2.46. The maximum Gasteiger partial charge on any atom is 0.193 e. The van der Waals surface area contributed by atoms with E-state index in [1.807, 2.05) is 0 Å². The van der Waals surface area contributed by atoms with Gasteiger partial charge in [-0.15, -0.1) is 0 Å². The van der Waals surface area contributed by atoms with Gasteiger partial charge in [0.2, 0.25) is 0 Å². The van der Waals surface area contributed by atoms with Crippen LogP contribution in [0.3, 0.4) is 0 Å². The second-order valence-electron chi connectivity index (χ2n) is 7.17. The van der Waals surface area contributed by atoms with Crippen molar-refractivity contribution < 1.29 is 14.3 Å². The van der Waals surface area contributed by atoms with Crippen molar-refractivity contribution in [3.05, 3.63) is 24.2 Å². The molecule has 3 aliphatic rings. The molecule has 3 saturated heterocycles. The Bertz CT molecular complexity index is 566. The molecule has 5 atom stereocenters. The monoisotopic (exact) mass is 319 g/mol. The maximum atomic E-state index is 10.6. The molecule has 2 N–H and O–H groups in total. The van der Waals surface area contributed by atoms with Gasteiger partial charge in [0.15, 0.2) is 5.96 Å². The van der Waals surface area contributed by atoms with E-state index in [4.69, 9.17) is 9.15 Å². The summed E-state index contributed by atoms with van der Waals surface area (Å²) in [6.45, 7) is 4.10. The summed E-state index contributed by atoms with van der Waals surface area (Å²) in [5, 5.41) is 13.9. The third kappa shape index (κ3) is 2.54. The van der Waals surface area contributed by atoms with E-state index < -0.39 is 5.60 Å². The van der Waals surface area contributed by atoms with Gasteiger partial charge in [-0.05, 0) is 31.9 Å². The first-order valence-corrected chi connectivity index (χ1v) is 8.46. The fourth-order valence-corrected chi connectivity index (χ4v) is 4.39. The molecule has 6 heteroatoms. The summed E-state index contributed by atoms with van der Waals surface area (Å²) < 4.78 is 11.4. The lowest BCUT2D eigenvalue weighted by atomic mass is 9.82. The number of likely N-dealkylation sites (tertiary alicyclic amines) is 1. The molecule has 1 aromatic heterocycles. The Balaban J connectivity index is 1.39. The number of hydrogen-bond donors (Lipinski definition) is 2. The lowest BCUT2D eigenvalue weighted by Gasteiger charge is -2.27. The summed E-state index contributed by atoms with van der Waals surface area (Å²) in [4.78, 5) is 6.71. The Hall–Kier alpha value is -1.53. The Morgan fingerprint density at radius 3 is 2.65 bits per heavy atom. The number of hydrogen-bond acceptors (Lipinski definition) is 4. The van der Waals surface area contributed by atoms with Gasteiger partial charge in [-0.2, -0.15) is 0 Å². The molecule has 4 heterocycles. The highest BCUT2D eigenvalue weighted by molar-refractivity contribution is 5.80. The second kappa shape index (κ2) is 5.53. The van der Waals surface area contributed by atoms with Crippen LogP contribution in [0.2, 0.25) is 0 Å². The number of ether oxygens (including phenoxy) is 1. The largest absolute Gasteiger partial charge is 0.466 e. The molecule has 3 aliphatic heterocycles. The Labute approximate surface area is 136 Å². The highest BCUT2D eigenvalue weighted by atomic mass is 16.5. The van der Waals surface area contributed by atoms with Crippen LogP contribution in [0.5, 0.6) is 0 Å². The van der Waals surface area contributed by atoms with Crippen molar-refractivity contribution in [3.63, 3.8) is 0 Å². The molecule has 23 heavy (non-hydrogen) atoms. The number of aliphatic imine (C=N–C) groups is 1. The van der Waals surface area contributed by atoms with Crippen molar-refractivity contribution in [1.82, 2.24) is 10.2 Å². The molecule has 6 nitrogen and oxygen atoms in total. The van der Waals surface area contributed by atoms with Crippen LogP contribution in [-0.2, 0) is 10.3 Å². The normalized spacial score (nSPS) is 35.4. The number of rotatable bonds is 3. The second-order valence-corrected chi connectivity index (χ2v) is 7.17. The molecule has 3 fully saturated rings. The minimum atomic E-state index is -1.06. The van der Waals surface area contributed by atoms with Crippen molar-refractivity contribution in [2.24, 2.45) is 16.8 Å². The molecular formula is C17H25N3O3. The van der Waals surface area contributed by atoms with Gasteiger partial charge in [-0.25, -0.2) is 0 Å². The van der Waals surface area contributed by atoms with Gasteiger partial charge in [0.05, 0.1) is 25.0 Å². The molecule has 126 valence electrons. The van der Waals surface area contributed by atoms with Gasteiger partial charge < -0.3 is 24.5 Å². The van der Waals surface area contributed by atoms with E-state index in [-0.39, 0.29) is 0 Å². The molecule has 5 unspecified atom stereocenters. The number of guanidine groups is 1. The molecule has 0 spiro atoms. The first kappa shape index (κ1) is 15.0. The average Bonchev–Trinajstić information content (AvgIpc) is 3.28. The van der Waals surface area contributed by atoms with Crippen LogP contribution >= 0.6 is 0 Å². The lowest BCUT2D eigenvalue weighted by molar-refractivity contribution is 0.0377. The molecule has 0 radical (unpaired) electrons. The zero-order chi connectivity index (χ0) is 16.0. The summed E-state index contributed by atoms with van der Waals surface area (Å²) in [7, 11) is 1.79. The number of nitrogens with one attached hydrogen (secondary N) is 1. The van der Waals surface area contributed by atoms with Crippen molar-refractivity contribution in [2.75, 3.05) is 26.7 Å². The summed E-state index contributed by atoms with van der Waals surface area (Å²) >= 11 is 0. The number of fused-ring (bicyclic) bond motifs is 5. The van der Waals surface area contributed by atoms with Crippen LogP contribution in [0.4, 0.5) is 0 Å². The van der Waals surface area contributed by atoms with E-state index >= 15 is 0 Å². The number of furan rings is 1. The molecule has 0 amide bonds. The van der Waals surface area contributed by atoms with Gasteiger partial charge in [0.1, 0.15) is 11.4 Å². The predicted molar refractivity (Wildman–Crippen MR) is 86.1 cm³/mol. The summed E-state index contributed by atoms with van der Waals surface area (Å²) in [6.07, 6.45) is 4.88. The minimum Gasteiger partial charge on any atom is -0.466 e. The molecule has 0 saturated carbocycles. The molecule has 4 rings (SSSR count). The number of nitrogens with zero attached hydrogens (tertiary/aromatic N) is 2. The van der Waals surface area contributed by atoms with Crippen molar-refractivity contribution in [1.29, 1.82) is 0 Å². The van der Waals surface area contributed by atoms with Gasteiger partial charge in [0, 0.05) is 32.0 Å². The third-order valence-corrected chi connectivity index (χ3v) is 5.61. The van der Waals surface area contributed by atoms with E-state index in [2.05, 4.69) is 15.2 Å². The van der Waals surface area contributed by atoms with E-state index in [1.54, 1.807) is 32.4 Å². The fourth-order valence-electron chi connectivity index (χ4n) is 4.39. The van der Waals surface area contributed by atoms with Crippen molar-refractivity contribution in [2.45, 2.75) is 37.6 Å². The van der Waals surface area contributed by atoms with Gasteiger partial charge >= 0.3 is 0 Å². The minimum absolute atomic E-state index is 0.363. The van der Waals surface area contributed by atoms with Crippen molar-refractivity contribution >= 4 is 5.96 Å². The Morgan fingerprint density at radius 2 is 2.09 bits per heavy atom. The molecule has 0 aliphatic carbocycles. The topological polar surface area (TPSA) is 70.2 Å². The smallest absolute Gasteiger partial charge is 0.193 e. The van der Waals surface area contributed by atoms with Crippen molar-refractivity contribution in [3.8, 4) is 0 Å². The van der Waals surface area contributed by atoms with Crippen LogP contribution in [0, 0.1) is 11.8 Å². The van der Waals surface area contributed by atoms with Crippen LogP contribution < -0.4 is 5.32 Å². The van der Waals surface area contributed by atoms with E-state index in [0.29, 0.717) is 36.3 Å². The Kier molecular flexibility index (Phi) is 3.61. The van der Waals surface area contributed by atoms with Gasteiger partial charge in [0.25, 0.3) is 0 Å². The summed E-state index contributed by atoms with van der Waals surface area (Å²) in [6, 6.07) is 3.58. The molecule has 1 aromatic rings. The van der Waals surface area contributed by atoms with E-state index in [9.17, 15) is 5.11 Å². The predicted octanol–water partition coefficient (Wildman–Crippen LogP) is 1.17. The van der Waals surface area contributed by atoms with Gasteiger partial charge in [-0.1, -0.05) is 0 Å². The SMILES string of the molecule is CN=C(NCC(C)(O)c1ccco1)N1CC2C3CCC(O3)C2C1. The van der Waals surface area contributed by atoms with Crippen LogP contribution in [0.1, 0.15) is 25.5 Å². The highest BCUT2D eigenvalue weighted by Crippen LogP contribution is 2.47. The standard InChI is InChI=1S/C17H25N3O3/c1-17(21,15-4-3-7-22-15)10-19-16(18-2)20-8-11-12(9-20)14-6-5-13(11)23-14/h3-4,7,11-14,21H,5-6,8-10H2,1-2H3,(H,18,19). The fraction of sp³-hybridized carbons (Fsp3) is 0.706. The highest BCUT2D eigenvalue weighted by Gasteiger charge is 2.53. The maximum absolute atomic E-state index is 10.6. The molecular weight excluding hydrogens is 294 g/mol. The zero-order valence-corrected chi connectivity index (χ0v) is 13.7. The van der Waals surface area contributed by atoms with Crippen LogP contribution in [-0.4, -0.2) is 54.9 Å². The zero-order valence-electron chi connectivity index (χ0n) is 13.7. The Morgan fingerprint density at radius 1 is 1.39 bits per heavy atom. The first-order chi connectivity index (χ1) is 11.1. The first-order valence-electron chi connectivity index (χ1n) is 8.46. The summed E-state index contributed by atoms with van der Waals surface area (Å²) in [5.41, 5.74) is -1.06. The summed E-state index contributed by atoms with van der Waals surface area (Å²) in [5.74, 6) is 2.69. The van der Waals surface area contributed by atoms with Crippen LogP contribution in [0.25, 0.3) is 0 Å². The quantitative estimate of drug-likeness (QED) is 0.646. The van der Waals surface area contributed by atoms with E-state index in [1.165, 1.54) is 12.8 Å².